The summed E-state index contributed by atoms with van der Waals surface area (Å²) in [5.41, 5.74) is 2.63. The summed E-state index contributed by atoms with van der Waals surface area (Å²) in [4.78, 5) is 31.8. The average molecular weight is 371 g/mol. The molecule has 1 N–H and O–H groups in total. The Kier molecular flexibility index (Phi) is 4.44. The number of carbonyl (C=O) groups excluding carboxylic acids is 2. The Hall–Kier alpha value is -2.37. The summed E-state index contributed by atoms with van der Waals surface area (Å²) in [6.45, 7) is 2.72. The van der Waals surface area contributed by atoms with E-state index >= 15 is 0 Å². The quantitative estimate of drug-likeness (QED) is 0.902. The Morgan fingerprint density at radius 2 is 2.07 bits per heavy atom. The number of aromatic amines is 1. The van der Waals surface area contributed by atoms with E-state index in [1.54, 1.807) is 6.07 Å². The van der Waals surface area contributed by atoms with Crippen LogP contribution in [0.1, 0.15) is 30.5 Å². The molecule has 2 heterocycles. The van der Waals surface area contributed by atoms with Crippen molar-refractivity contribution in [3.05, 3.63) is 35.3 Å². The van der Waals surface area contributed by atoms with Crippen molar-refractivity contribution in [2.24, 2.45) is 11.8 Å². The molecule has 0 spiro atoms. The minimum atomic E-state index is -0.294. The molecule has 3 atom stereocenters. The normalized spacial score (nSPS) is 25.1. The maximum absolute atomic E-state index is 13.7. The van der Waals surface area contributed by atoms with E-state index in [0.29, 0.717) is 18.3 Å². The highest BCUT2D eigenvalue weighted by Crippen LogP contribution is 2.40. The maximum Gasteiger partial charge on any atom is 0.227 e. The van der Waals surface area contributed by atoms with Crippen molar-refractivity contribution in [1.82, 2.24) is 14.8 Å². The largest absolute Gasteiger partial charge is 0.358 e. The lowest BCUT2D eigenvalue weighted by molar-refractivity contribution is -0.135. The molecule has 1 saturated carbocycles. The number of aryl methyl sites for hydroxylation is 1. The molecular weight excluding hydrogens is 345 g/mol. The standard InChI is InChI=1S/C21H26FN3O2/c1-12-17(18-9-15(22)4-5-19(18)23-12)10-21(27)25(3)16-6-13-8-20(26)24(2)11-14(13)7-16/h4-5,9,13-14,16,23H,6-8,10-11H2,1-3H3/t13-,14+,16-/m1/s1. The van der Waals surface area contributed by atoms with E-state index < -0.39 is 0 Å². The van der Waals surface area contributed by atoms with Crippen molar-refractivity contribution < 1.29 is 14.0 Å². The van der Waals surface area contributed by atoms with Gasteiger partial charge in [-0.25, -0.2) is 4.39 Å². The van der Waals surface area contributed by atoms with Crippen LogP contribution in [0, 0.1) is 24.6 Å². The predicted octanol–water partition coefficient (Wildman–Crippen LogP) is 2.87. The second-order valence-corrected chi connectivity index (χ2v) is 8.22. The van der Waals surface area contributed by atoms with Gasteiger partial charge < -0.3 is 14.8 Å². The van der Waals surface area contributed by atoms with Crippen molar-refractivity contribution in [1.29, 1.82) is 0 Å². The zero-order chi connectivity index (χ0) is 19.3. The van der Waals surface area contributed by atoms with Crippen LogP contribution >= 0.6 is 0 Å². The molecule has 2 amide bonds. The molecule has 2 aromatic rings. The minimum absolute atomic E-state index is 0.0478. The molecule has 0 bridgehead atoms. The van der Waals surface area contributed by atoms with Crippen LogP contribution < -0.4 is 0 Å². The number of hydrogen-bond donors (Lipinski definition) is 1. The van der Waals surface area contributed by atoms with E-state index in [1.807, 2.05) is 30.8 Å². The Balaban J connectivity index is 1.48. The number of fused-ring (bicyclic) bond motifs is 2. The fourth-order valence-corrected chi connectivity index (χ4v) is 4.87. The van der Waals surface area contributed by atoms with E-state index in [1.165, 1.54) is 12.1 Å². The van der Waals surface area contributed by atoms with Gasteiger partial charge in [-0.2, -0.15) is 0 Å². The molecule has 5 nitrogen and oxygen atoms in total. The number of piperidine rings is 1. The second kappa shape index (κ2) is 6.66. The molecule has 1 aromatic heterocycles. The maximum atomic E-state index is 13.7. The third kappa shape index (κ3) is 3.22. The molecule has 1 aromatic carbocycles. The topological polar surface area (TPSA) is 56.4 Å². The highest BCUT2D eigenvalue weighted by molar-refractivity contribution is 5.90. The second-order valence-electron chi connectivity index (χ2n) is 8.22. The van der Waals surface area contributed by atoms with Crippen LogP contribution in [0.3, 0.4) is 0 Å². The van der Waals surface area contributed by atoms with Crippen LogP contribution in [0.5, 0.6) is 0 Å². The first-order chi connectivity index (χ1) is 12.8. The number of rotatable bonds is 3. The van der Waals surface area contributed by atoms with Gasteiger partial charge in [0, 0.05) is 49.7 Å². The van der Waals surface area contributed by atoms with Crippen LogP contribution in [0.2, 0.25) is 0 Å². The molecule has 27 heavy (non-hydrogen) atoms. The predicted molar refractivity (Wildman–Crippen MR) is 102 cm³/mol. The first kappa shape index (κ1) is 18.0. The summed E-state index contributed by atoms with van der Waals surface area (Å²) in [7, 11) is 3.72. The van der Waals surface area contributed by atoms with Gasteiger partial charge in [0.2, 0.25) is 11.8 Å². The molecule has 1 aliphatic heterocycles. The summed E-state index contributed by atoms with van der Waals surface area (Å²) in [6, 6.07) is 4.81. The lowest BCUT2D eigenvalue weighted by Gasteiger charge is -2.31. The highest BCUT2D eigenvalue weighted by Gasteiger charge is 2.42. The van der Waals surface area contributed by atoms with Crippen molar-refractivity contribution in [2.75, 3.05) is 20.6 Å². The third-order valence-corrected chi connectivity index (χ3v) is 6.54. The van der Waals surface area contributed by atoms with Crippen LogP contribution in [0.25, 0.3) is 10.9 Å². The monoisotopic (exact) mass is 371 g/mol. The van der Waals surface area contributed by atoms with Crippen LogP contribution in [-0.2, 0) is 16.0 Å². The molecule has 2 aliphatic rings. The SMILES string of the molecule is Cc1[nH]c2ccc(F)cc2c1CC(=O)N(C)[C@@H]1C[C@@H]2CC(=O)N(C)C[C@@H]2C1. The van der Waals surface area contributed by atoms with E-state index in [-0.39, 0.29) is 30.1 Å². The number of likely N-dealkylation sites (tertiary alicyclic amines) is 1. The lowest BCUT2D eigenvalue weighted by Crippen LogP contribution is -2.40. The molecule has 1 aliphatic carbocycles. The van der Waals surface area contributed by atoms with Gasteiger partial charge in [-0.3, -0.25) is 9.59 Å². The molecule has 0 unspecified atom stereocenters. The van der Waals surface area contributed by atoms with Gasteiger partial charge in [0.15, 0.2) is 0 Å². The number of nitrogens with one attached hydrogen (secondary N) is 1. The minimum Gasteiger partial charge on any atom is -0.358 e. The Morgan fingerprint density at radius 3 is 2.85 bits per heavy atom. The van der Waals surface area contributed by atoms with Crippen LogP contribution in [0.15, 0.2) is 18.2 Å². The highest BCUT2D eigenvalue weighted by atomic mass is 19.1. The summed E-state index contributed by atoms with van der Waals surface area (Å²) in [5, 5.41) is 0.779. The Morgan fingerprint density at radius 1 is 1.33 bits per heavy atom. The van der Waals surface area contributed by atoms with Gasteiger partial charge in [-0.1, -0.05) is 0 Å². The summed E-state index contributed by atoms with van der Waals surface area (Å²) in [6.07, 6.45) is 2.71. The number of benzene rings is 1. The molecular formula is C21H26FN3O2. The number of nitrogens with zero attached hydrogens (tertiary/aromatic N) is 2. The zero-order valence-corrected chi connectivity index (χ0v) is 16.1. The van der Waals surface area contributed by atoms with Crippen molar-refractivity contribution >= 4 is 22.7 Å². The lowest BCUT2D eigenvalue weighted by atomic mass is 9.88. The van der Waals surface area contributed by atoms with Gasteiger partial charge >= 0.3 is 0 Å². The molecule has 2 fully saturated rings. The van der Waals surface area contributed by atoms with Gasteiger partial charge in [0.05, 0.1) is 6.42 Å². The Labute approximate surface area is 158 Å². The van der Waals surface area contributed by atoms with Gasteiger partial charge in [0.1, 0.15) is 5.82 Å². The molecule has 1 saturated heterocycles. The smallest absolute Gasteiger partial charge is 0.227 e. The van der Waals surface area contributed by atoms with Gasteiger partial charge in [-0.15, -0.1) is 0 Å². The number of H-pyrrole nitrogens is 1. The third-order valence-electron chi connectivity index (χ3n) is 6.54. The van der Waals surface area contributed by atoms with E-state index in [0.717, 1.165) is 41.5 Å². The van der Waals surface area contributed by atoms with E-state index in [2.05, 4.69) is 4.98 Å². The summed E-state index contributed by atoms with van der Waals surface area (Å²) >= 11 is 0. The van der Waals surface area contributed by atoms with Crippen molar-refractivity contribution in [3.63, 3.8) is 0 Å². The number of aromatic nitrogens is 1. The van der Waals surface area contributed by atoms with E-state index in [4.69, 9.17) is 0 Å². The average Bonchev–Trinajstić information content (AvgIpc) is 3.16. The summed E-state index contributed by atoms with van der Waals surface area (Å²) < 4.78 is 13.7. The number of hydrogen-bond acceptors (Lipinski definition) is 2. The molecule has 0 radical (unpaired) electrons. The van der Waals surface area contributed by atoms with Gasteiger partial charge in [0.25, 0.3) is 0 Å². The van der Waals surface area contributed by atoms with Gasteiger partial charge in [-0.05, 0) is 55.4 Å². The zero-order valence-electron chi connectivity index (χ0n) is 16.1. The number of halogens is 1. The molecule has 6 heteroatoms. The molecule has 4 rings (SSSR count). The Bertz CT molecular complexity index is 906. The van der Waals surface area contributed by atoms with Crippen molar-refractivity contribution in [3.8, 4) is 0 Å². The number of amides is 2. The van der Waals surface area contributed by atoms with Crippen LogP contribution in [0.4, 0.5) is 4.39 Å². The van der Waals surface area contributed by atoms with Crippen LogP contribution in [-0.4, -0.2) is 53.3 Å². The fourth-order valence-electron chi connectivity index (χ4n) is 4.87. The first-order valence-corrected chi connectivity index (χ1v) is 9.59. The fraction of sp³-hybridized carbons (Fsp3) is 0.524. The van der Waals surface area contributed by atoms with Crippen molar-refractivity contribution in [2.45, 2.75) is 38.6 Å². The van der Waals surface area contributed by atoms with E-state index in [9.17, 15) is 14.0 Å². The number of likely N-dealkylation sites (N-methyl/N-ethyl adjacent to an activating group) is 1. The first-order valence-electron chi connectivity index (χ1n) is 9.59. The summed E-state index contributed by atoms with van der Waals surface area (Å²) in [5.74, 6) is 0.834. The molecule has 144 valence electrons. The number of carbonyl (C=O) groups is 2.